The fourth-order valence-electron chi connectivity index (χ4n) is 1.65. The molecule has 0 aliphatic heterocycles. The van der Waals surface area contributed by atoms with E-state index in [4.69, 9.17) is 26.6 Å². The van der Waals surface area contributed by atoms with Crippen LogP contribution in [0.25, 0.3) is 0 Å². The fraction of sp³-hybridized carbons (Fsp3) is 0.538. The van der Waals surface area contributed by atoms with E-state index in [2.05, 4.69) is 0 Å². The molecule has 116 valence electrons. The van der Waals surface area contributed by atoms with Gasteiger partial charge in [0.25, 0.3) is 0 Å². The number of ether oxygens (including phenoxy) is 1. The Morgan fingerprint density at radius 3 is 2.15 bits per heavy atom. The van der Waals surface area contributed by atoms with E-state index in [0.29, 0.717) is 30.4 Å². The van der Waals surface area contributed by atoms with Gasteiger partial charge in [-0.15, -0.1) is 0 Å². The van der Waals surface area contributed by atoms with E-state index in [-0.39, 0.29) is 32.2 Å². The van der Waals surface area contributed by atoms with Crippen molar-refractivity contribution in [1.82, 2.24) is 4.90 Å². The van der Waals surface area contributed by atoms with Gasteiger partial charge in [-0.05, 0) is 24.3 Å². The van der Waals surface area contributed by atoms with Gasteiger partial charge in [0.2, 0.25) is 0 Å². The van der Waals surface area contributed by atoms with Crippen molar-refractivity contribution >= 4 is 11.6 Å². The summed E-state index contributed by atoms with van der Waals surface area (Å²) in [5, 5.41) is 28.2. The highest BCUT2D eigenvalue weighted by Crippen LogP contribution is 2.15. The predicted octanol–water partition coefficient (Wildman–Crippen LogP) is -2.63. The van der Waals surface area contributed by atoms with E-state index >= 15 is 0 Å². The maximum Gasteiger partial charge on any atom is 0.119 e. The van der Waals surface area contributed by atoms with Crippen molar-refractivity contribution in [3.63, 3.8) is 0 Å². The van der Waals surface area contributed by atoms with Crippen molar-refractivity contribution in [1.29, 1.82) is 0 Å². The van der Waals surface area contributed by atoms with Crippen LogP contribution in [-0.2, 0) is 0 Å². The van der Waals surface area contributed by atoms with Gasteiger partial charge in [-0.2, -0.15) is 0 Å². The molecule has 0 bridgehead atoms. The van der Waals surface area contributed by atoms with Crippen LogP contribution in [0.3, 0.4) is 0 Å². The molecule has 0 spiro atoms. The molecule has 0 saturated carbocycles. The van der Waals surface area contributed by atoms with Crippen molar-refractivity contribution in [3.05, 3.63) is 29.3 Å². The van der Waals surface area contributed by atoms with Gasteiger partial charge in [-0.25, -0.2) is 0 Å². The molecule has 0 radical (unpaired) electrons. The second kappa shape index (κ2) is 11.1. The molecule has 1 atom stereocenters. The third-order valence-electron chi connectivity index (χ3n) is 2.56. The summed E-state index contributed by atoms with van der Waals surface area (Å²) in [5.74, 6) is 0.638. The number of rotatable bonds is 9. The summed E-state index contributed by atoms with van der Waals surface area (Å²) >= 11 is 5.75. The number of aliphatic hydroxyl groups excluding tert-OH is 3. The Hall–Kier alpha value is -0.560. The lowest BCUT2D eigenvalue weighted by Crippen LogP contribution is -3.00. The first-order valence-corrected chi connectivity index (χ1v) is 6.54. The summed E-state index contributed by atoms with van der Waals surface area (Å²) in [5.41, 5.74) is 0. The molecular formula is C13H20Cl2NO4-. The van der Waals surface area contributed by atoms with Gasteiger partial charge in [0.05, 0.1) is 13.2 Å². The molecule has 0 aromatic heterocycles. The molecule has 0 amide bonds. The number of hydrogen-bond acceptors (Lipinski definition) is 5. The topological polar surface area (TPSA) is 73.2 Å². The Morgan fingerprint density at radius 2 is 1.65 bits per heavy atom. The Bertz CT molecular complexity index is 345. The van der Waals surface area contributed by atoms with Crippen molar-refractivity contribution < 1.29 is 32.5 Å². The highest BCUT2D eigenvalue weighted by Gasteiger charge is 2.11. The molecule has 0 aliphatic rings. The third kappa shape index (κ3) is 7.89. The number of aliphatic hydroxyl groups is 3. The molecule has 20 heavy (non-hydrogen) atoms. The first kappa shape index (κ1) is 19.4. The number of hydrogen-bond donors (Lipinski definition) is 3. The molecular weight excluding hydrogens is 305 g/mol. The van der Waals surface area contributed by atoms with Crippen LogP contribution >= 0.6 is 11.6 Å². The quantitative estimate of drug-likeness (QED) is 0.463. The Labute approximate surface area is 130 Å². The highest BCUT2D eigenvalue weighted by atomic mass is 35.5. The normalized spacial score (nSPS) is 12.1. The minimum absolute atomic E-state index is 0. The number of nitrogens with zero attached hydrogens (tertiary/aromatic N) is 1. The predicted molar refractivity (Wildman–Crippen MR) is 73.6 cm³/mol. The van der Waals surface area contributed by atoms with Gasteiger partial charge in [0.15, 0.2) is 0 Å². The molecule has 1 aromatic rings. The summed E-state index contributed by atoms with van der Waals surface area (Å²) < 4.78 is 5.42. The van der Waals surface area contributed by atoms with Crippen molar-refractivity contribution in [2.75, 3.05) is 39.5 Å². The zero-order valence-electron chi connectivity index (χ0n) is 11.1. The van der Waals surface area contributed by atoms with Crippen LogP contribution in [-0.4, -0.2) is 65.8 Å². The summed E-state index contributed by atoms with van der Waals surface area (Å²) in [6.45, 7) is 1.30. The maximum absolute atomic E-state index is 9.83. The molecule has 1 rings (SSSR count). The van der Waals surface area contributed by atoms with E-state index in [1.54, 1.807) is 29.2 Å². The third-order valence-corrected chi connectivity index (χ3v) is 2.81. The Kier molecular flexibility index (Phi) is 10.8. The average Bonchev–Trinajstić information content (AvgIpc) is 2.39. The average molecular weight is 325 g/mol. The minimum Gasteiger partial charge on any atom is -1.00 e. The standard InChI is InChI=1S/C13H20ClNO4.ClH/c14-11-1-3-13(4-2-11)19-10-12(18)9-15(5-7-16)6-8-17;/h1-4,12,16-18H,5-10H2;1H/p-1. The first-order chi connectivity index (χ1) is 9.15. The molecule has 0 fully saturated rings. The molecule has 0 aliphatic carbocycles. The molecule has 5 nitrogen and oxygen atoms in total. The van der Waals surface area contributed by atoms with Crippen LogP contribution < -0.4 is 17.1 Å². The van der Waals surface area contributed by atoms with Gasteiger partial charge >= 0.3 is 0 Å². The van der Waals surface area contributed by atoms with Crippen molar-refractivity contribution in [3.8, 4) is 5.75 Å². The van der Waals surface area contributed by atoms with Crippen LogP contribution in [0.15, 0.2) is 24.3 Å². The smallest absolute Gasteiger partial charge is 0.119 e. The minimum atomic E-state index is -0.686. The fourth-order valence-corrected chi connectivity index (χ4v) is 1.78. The zero-order chi connectivity index (χ0) is 14.1. The summed E-state index contributed by atoms with van der Waals surface area (Å²) in [7, 11) is 0. The van der Waals surface area contributed by atoms with Crippen LogP contribution in [0.2, 0.25) is 5.02 Å². The molecule has 7 heteroatoms. The Morgan fingerprint density at radius 1 is 1.10 bits per heavy atom. The molecule has 0 saturated heterocycles. The lowest BCUT2D eigenvalue weighted by atomic mass is 10.3. The Balaban J connectivity index is 0.00000361. The van der Waals surface area contributed by atoms with Gasteiger partial charge < -0.3 is 32.5 Å². The highest BCUT2D eigenvalue weighted by molar-refractivity contribution is 6.30. The number of benzene rings is 1. The van der Waals surface area contributed by atoms with Crippen molar-refractivity contribution in [2.45, 2.75) is 6.10 Å². The monoisotopic (exact) mass is 324 g/mol. The van der Waals surface area contributed by atoms with Gasteiger partial charge in [0, 0.05) is 24.7 Å². The van der Waals surface area contributed by atoms with Gasteiger partial charge in [0.1, 0.15) is 18.5 Å². The molecule has 1 aromatic carbocycles. The second-order valence-electron chi connectivity index (χ2n) is 4.17. The SMILES string of the molecule is OCCN(CCO)CC(O)COc1ccc(Cl)cc1.[Cl-]. The maximum atomic E-state index is 9.83. The summed E-state index contributed by atoms with van der Waals surface area (Å²) in [6.07, 6.45) is -0.686. The lowest BCUT2D eigenvalue weighted by Gasteiger charge is -2.23. The van der Waals surface area contributed by atoms with E-state index < -0.39 is 6.10 Å². The van der Waals surface area contributed by atoms with Crippen LogP contribution in [0.5, 0.6) is 5.75 Å². The van der Waals surface area contributed by atoms with E-state index in [0.717, 1.165) is 0 Å². The van der Waals surface area contributed by atoms with E-state index in [1.807, 2.05) is 0 Å². The molecule has 3 N–H and O–H groups in total. The van der Waals surface area contributed by atoms with E-state index in [1.165, 1.54) is 0 Å². The van der Waals surface area contributed by atoms with Crippen molar-refractivity contribution in [2.24, 2.45) is 0 Å². The summed E-state index contributed by atoms with van der Waals surface area (Å²) in [6, 6.07) is 6.89. The van der Waals surface area contributed by atoms with Crippen LogP contribution in [0.4, 0.5) is 0 Å². The second-order valence-corrected chi connectivity index (χ2v) is 4.60. The van der Waals surface area contributed by atoms with E-state index in [9.17, 15) is 5.11 Å². The first-order valence-electron chi connectivity index (χ1n) is 6.16. The largest absolute Gasteiger partial charge is 1.00 e. The summed E-state index contributed by atoms with van der Waals surface area (Å²) in [4.78, 5) is 1.77. The zero-order valence-corrected chi connectivity index (χ0v) is 12.6. The van der Waals surface area contributed by atoms with Crippen LogP contribution in [0, 0.1) is 0 Å². The van der Waals surface area contributed by atoms with Gasteiger partial charge in [-0.1, -0.05) is 11.6 Å². The van der Waals surface area contributed by atoms with Crippen LogP contribution in [0.1, 0.15) is 0 Å². The van der Waals surface area contributed by atoms with Gasteiger partial charge in [-0.3, -0.25) is 4.90 Å². The lowest BCUT2D eigenvalue weighted by molar-refractivity contribution is -0.0000106. The molecule has 1 unspecified atom stereocenters. The number of halogens is 2. The molecule has 0 heterocycles.